The van der Waals surface area contributed by atoms with Crippen molar-refractivity contribution < 1.29 is 18.3 Å². The van der Waals surface area contributed by atoms with Gasteiger partial charge in [0, 0.05) is 26.4 Å². The lowest BCUT2D eigenvalue weighted by molar-refractivity contribution is 0.0472. The highest BCUT2D eigenvalue weighted by molar-refractivity contribution is 5.92. The van der Waals surface area contributed by atoms with Crippen molar-refractivity contribution in [2.75, 3.05) is 39.9 Å². The van der Waals surface area contributed by atoms with Crippen LogP contribution < -0.4 is 5.32 Å². The second-order valence-electron chi connectivity index (χ2n) is 5.32. The van der Waals surface area contributed by atoms with E-state index < -0.39 is 18.9 Å². The van der Waals surface area contributed by atoms with E-state index in [1.807, 2.05) is 0 Å². The Hall–Kier alpha value is -1.54. The number of halogens is 2. The van der Waals surface area contributed by atoms with E-state index in [-0.39, 0.29) is 24.9 Å². The molecule has 2 rings (SSSR count). The van der Waals surface area contributed by atoms with Crippen molar-refractivity contribution in [1.82, 2.24) is 20.0 Å². The number of carbonyl (C=O) groups is 1. The van der Waals surface area contributed by atoms with E-state index in [0.29, 0.717) is 0 Å². The first-order chi connectivity index (χ1) is 10.6. The maximum atomic E-state index is 12.6. The molecule has 1 saturated heterocycles. The summed E-state index contributed by atoms with van der Waals surface area (Å²) in [4.78, 5) is 13.4. The number of alkyl halides is 2. The maximum Gasteiger partial charge on any atom is 0.274 e. The minimum Gasteiger partial charge on any atom is -0.383 e. The number of carbonyl (C=O) groups excluding carboxylic acids is 1. The lowest BCUT2D eigenvalue weighted by Gasteiger charge is -2.23. The van der Waals surface area contributed by atoms with Gasteiger partial charge in [-0.2, -0.15) is 5.10 Å². The highest BCUT2D eigenvalue weighted by Crippen LogP contribution is 2.16. The van der Waals surface area contributed by atoms with E-state index in [0.717, 1.165) is 30.8 Å². The number of hydrogen-bond donors (Lipinski definition) is 1. The summed E-state index contributed by atoms with van der Waals surface area (Å²) in [5, 5.41) is 7.55. The van der Waals surface area contributed by atoms with Gasteiger partial charge in [0.1, 0.15) is 5.69 Å². The molecule has 1 amide bonds. The van der Waals surface area contributed by atoms with Crippen molar-refractivity contribution in [2.24, 2.45) is 0 Å². The zero-order chi connectivity index (χ0) is 15.9. The van der Waals surface area contributed by atoms with Gasteiger partial charge in [0.25, 0.3) is 12.3 Å². The Labute approximate surface area is 128 Å². The molecular formula is C14H22F2N4O2. The van der Waals surface area contributed by atoms with Gasteiger partial charge in [-0.25, -0.2) is 8.78 Å². The van der Waals surface area contributed by atoms with Crippen molar-refractivity contribution >= 4 is 5.91 Å². The summed E-state index contributed by atoms with van der Waals surface area (Å²) in [7, 11) is 1.47. The van der Waals surface area contributed by atoms with Crippen LogP contribution in [0.5, 0.6) is 0 Å². The number of nitrogens with zero attached hydrogens (tertiary/aromatic N) is 3. The van der Waals surface area contributed by atoms with Crippen LogP contribution in [0.15, 0.2) is 12.3 Å². The van der Waals surface area contributed by atoms with Gasteiger partial charge in [0.2, 0.25) is 0 Å². The van der Waals surface area contributed by atoms with Crippen LogP contribution in [0.1, 0.15) is 29.4 Å². The predicted molar refractivity (Wildman–Crippen MR) is 77.2 cm³/mol. The zero-order valence-electron chi connectivity index (χ0n) is 12.7. The summed E-state index contributed by atoms with van der Waals surface area (Å²) in [6, 6.07) is 1.79. The molecule has 124 valence electrons. The molecule has 0 bridgehead atoms. The molecule has 1 aliphatic rings. The van der Waals surface area contributed by atoms with Crippen molar-refractivity contribution in [3.63, 3.8) is 0 Å². The molecule has 0 aromatic carbocycles. The van der Waals surface area contributed by atoms with Crippen LogP contribution in [-0.4, -0.2) is 66.9 Å². The van der Waals surface area contributed by atoms with E-state index in [2.05, 4.69) is 10.4 Å². The lowest BCUT2D eigenvalue weighted by atomic mass is 10.1. The molecule has 0 aliphatic carbocycles. The summed E-state index contributed by atoms with van der Waals surface area (Å²) >= 11 is 0. The highest BCUT2D eigenvalue weighted by atomic mass is 19.3. The van der Waals surface area contributed by atoms with Crippen LogP contribution in [0.3, 0.4) is 0 Å². The molecule has 1 atom stereocenters. The van der Waals surface area contributed by atoms with Crippen molar-refractivity contribution in [3.05, 3.63) is 18.0 Å². The van der Waals surface area contributed by atoms with Gasteiger partial charge in [-0.3, -0.25) is 9.48 Å². The predicted octanol–water partition coefficient (Wildman–Crippen LogP) is 1.16. The Kier molecular flexibility index (Phi) is 6.26. The van der Waals surface area contributed by atoms with Crippen LogP contribution >= 0.6 is 0 Å². The van der Waals surface area contributed by atoms with Crippen LogP contribution in [0, 0.1) is 0 Å². The quantitative estimate of drug-likeness (QED) is 0.820. The van der Waals surface area contributed by atoms with E-state index >= 15 is 0 Å². The summed E-state index contributed by atoms with van der Waals surface area (Å²) in [5.74, 6) is -0.486. The normalized spacial score (nSPS) is 18.6. The number of aromatic nitrogens is 2. The summed E-state index contributed by atoms with van der Waals surface area (Å²) in [6.07, 6.45) is 1.21. The number of nitrogens with one attached hydrogen (secondary N) is 1. The second kappa shape index (κ2) is 8.19. The van der Waals surface area contributed by atoms with Gasteiger partial charge >= 0.3 is 0 Å². The molecule has 0 radical (unpaired) electrons. The van der Waals surface area contributed by atoms with Crippen LogP contribution in [0.4, 0.5) is 8.78 Å². The van der Waals surface area contributed by atoms with Gasteiger partial charge in [-0.1, -0.05) is 0 Å². The summed E-state index contributed by atoms with van der Waals surface area (Å²) < 4.78 is 31.8. The number of methoxy groups -OCH3 is 1. The smallest absolute Gasteiger partial charge is 0.274 e. The van der Waals surface area contributed by atoms with Crippen molar-refractivity contribution in [3.8, 4) is 0 Å². The maximum absolute atomic E-state index is 12.6. The Balaban J connectivity index is 2.04. The Morgan fingerprint density at radius 2 is 2.45 bits per heavy atom. The monoisotopic (exact) mass is 316 g/mol. The van der Waals surface area contributed by atoms with Gasteiger partial charge in [0.15, 0.2) is 0 Å². The first-order valence-electron chi connectivity index (χ1n) is 7.44. The molecule has 8 heteroatoms. The third-order valence-electron chi connectivity index (χ3n) is 3.68. The molecule has 1 aliphatic heterocycles. The number of piperidine rings is 1. The Bertz CT molecular complexity index is 475. The highest BCUT2D eigenvalue weighted by Gasteiger charge is 2.23. The lowest BCUT2D eigenvalue weighted by Crippen LogP contribution is -2.38. The van der Waals surface area contributed by atoms with E-state index in [1.165, 1.54) is 7.11 Å². The number of rotatable bonds is 7. The van der Waals surface area contributed by atoms with Gasteiger partial charge in [-0.05, 0) is 25.5 Å². The average Bonchev–Trinajstić information content (AvgIpc) is 3.01. The molecule has 6 nitrogen and oxygen atoms in total. The van der Waals surface area contributed by atoms with Crippen LogP contribution in [-0.2, 0) is 4.74 Å². The standard InChI is InChI=1S/C14H22F2N4O2/c1-22-8-7-19(10-13(15)16)14(21)12-4-6-20(18-12)11-3-2-5-17-9-11/h4,6,11,13,17H,2-3,5,7-10H2,1H3. The van der Waals surface area contributed by atoms with Gasteiger partial charge in [0.05, 0.1) is 19.2 Å². The molecule has 1 N–H and O–H groups in total. The summed E-state index contributed by atoms with van der Waals surface area (Å²) in [5.41, 5.74) is 0.197. The molecule has 22 heavy (non-hydrogen) atoms. The summed E-state index contributed by atoms with van der Waals surface area (Å²) in [6.45, 7) is 1.52. The Morgan fingerprint density at radius 3 is 3.09 bits per heavy atom. The molecule has 2 heterocycles. The third-order valence-corrected chi connectivity index (χ3v) is 3.68. The number of hydrogen-bond acceptors (Lipinski definition) is 4. The van der Waals surface area contributed by atoms with E-state index in [1.54, 1.807) is 16.9 Å². The van der Waals surface area contributed by atoms with Gasteiger partial charge < -0.3 is 15.0 Å². The minimum absolute atomic E-state index is 0.123. The van der Waals surface area contributed by atoms with Crippen molar-refractivity contribution in [1.29, 1.82) is 0 Å². The fourth-order valence-corrected chi connectivity index (χ4v) is 2.52. The van der Waals surface area contributed by atoms with E-state index in [9.17, 15) is 13.6 Å². The minimum atomic E-state index is -2.58. The molecular weight excluding hydrogens is 294 g/mol. The molecule has 1 fully saturated rings. The first-order valence-corrected chi connectivity index (χ1v) is 7.44. The fraction of sp³-hybridized carbons (Fsp3) is 0.714. The molecule has 1 aromatic rings. The Morgan fingerprint density at radius 1 is 1.64 bits per heavy atom. The molecule has 1 unspecified atom stereocenters. The number of amides is 1. The molecule has 1 aromatic heterocycles. The topological polar surface area (TPSA) is 59.4 Å². The average molecular weight is 316 g/mol. The van der Waals surface area contributed by atoms with Crippen molar-refractivity contribution in [2.45, 2.75) is 25.3 Å². The SMILES string of the molecule is COCCN(CC(F)F)C(=O)c1ccn(C2CCCNC2)n1. The third kappa shape index (κ3) is 4.48. The van der Waals surface area contributed by atoms with Gasteiger partial charge in [-0.15, -0.1) is 0 Å². The second-order valence-corrected chi connectivity index (χ2v) is 5.32. The molecule has 0 spiro atoms. The first kappa shape index (κ1) is 16.8. The van der Waals surface area contributed by atoms with Crippen LogP contribution in [0.2, 0.25) is 0 Å². The fourth-order valence-electron chi connectivity index (χ4n) is 2.52. The largest absolute Gasteiger partial charge is 0.383 e. The zero-order valence-corrected chi connectivity index (χ0v) is 12.7. The van der Waals surface area contributed by atoms with E-state index in [4.69, 9.17) is 4.74 Å². The number of ether oxygens (including phenoxy) is 1. The molecule has 0 saturated carbocycles. The van der Waals surface area contributed by atoms with Crippen LogP contribution in [0.25, 0.3) is 0 Å².